The highest BCUT2D eigenvalue weighted by atomic mass is 28.4. The summed E-state index contributed by atoms with van der Waals surface area (Å²) in [7, 11) is -0.525. The fraction of sp³-hybridized carbons (Fsp3) is 0.774. The van der Waals surface area contributed by atoms with E-state index in [1.165, 1.54) is 0 Å². The van der Waals surface area contributed by atoms with Gasteiger partial charge in [-0.05, 0) is 32.0 Å². The number of hydrogen-bond acceptors (Lipinski definition) is 8. The standard InChI is InChI=1S/C31H56O8Si/c1-13-27(35-10)24(6)29-23(5)26(32)17-31(34,39-29)18-28(33)38-25(20-37-40(11,12)30(7,8)9)16-22(4)14-15-36-19-21(2)3/h13-14,23-27,29,32,34H,1-2,15-20H2,3-12H3/b22-14+/t23-,24-,25-,26+,27-,29-,31+/m1/s1. The zero-order chi connectivity index (χ0) is 30.9. The molecular weight excluding hydrogens is 528 g/mol. The molecule has 1 heterocycles. The zero-order valence-electron chi connectivity index (χ0n) is 26.6. The molecule has 0 amide bonds. The van der Waals surface area contributed by atoms with E-state index in [0.29, 0.717) is 19.6 Å². The molecule has 7 atom stereocenters. The smallest absolute Gasteiger partial charge is 0.311 e. The Morgan fingerprint density at radius 2 is 1.90 bits per heavy atom. The van der Waals surface area contributed by atoms with Crippen molar-refractivity contribution in [2.75, 3.05) is 26.9 Å². The van der Waals surface area contributed by atoms with Crippen molar-refractivity contribution in [3.63, 3.8) is 0 Å². The average molecular weight is 585 g/mol. The molecule has 40 heavy (non-hydrogen) atoms. The van der Waals surface area contributed by atoms with E-state index in [2.05, 4.69) is 47.0 Å². The summed E-state index contributed by atoms with van der Waals surface area (Å²) >= 11 is 0. The quantitative estimate of drug-likeness (QED) is 0.105. The van der Waals surface area contributed by atoms with Crippen LogP contribution >= 0.6 is 0 Å². The van der Waals surface area contributed by atoms with E-state index in [-0.39, 0.29) is 36.0 Å². The van der Waals surface area contributed by atoms with Gasteiger partial charge in [0.15, 0.2) is 14.1 Å². The molecule has 1 aliphatic rings. The fourth-order valence-electron chi connectivity index (χ4n) is 4.54. The Morgan fingerprint density at radius 3 is 2.42 bits per heavy atom. The van der Waals surface area contributed by atoms with Crippen molar-refractivity contribution >= 4 is 14.3 Å². The summed E-state index contributed by atoms with van der Waals surface area (Å²) < 4.78 is 29.4. The van der Waals surface area contributed by atoms with Crippen LogP contribution in [-0.4, -0.2) is 81.6 Å². The number of carbonyl (C=O) groups excluding carboxylic acids is 1. The number of aliphatic hydroxyl groups is 2. The van der Waals surface area contributed by atoms with Crippen LogP contribution < -0.4 is 0 Å². The molecule has 1 saturated heterocycles. The summed E-state index contributed by atoms with van der Waals surface area (Å²) in [6, 6.07) is 0. The van der Waals surface area contributed by atoms with Gasteiger partial charge in [-0.2, -0.15) is 0 Å². The highest BCUT2D eigenvalue weighted by Gasteiger charge is 2.48. The van der Waals surface area contributed by atoms with Crippen LogP contribution in [0.1, 0.15) is 67.7 Å². The van der Waals surface area contributed by atoms with Crippen LogP contribution in [0.3, 0.4) is 0 Å². The molecule has 0 aromatic rings. The minimum atomic E-state index is -2.10. The van der Waals surface area contributed by atoms with Crippen molar-refractivity contribution in [2.45, 2.75) is 116 Å². The molecule has 232 valence electrons. The molecule has 9 heteroatoms. The topological polar surface area (TPSA) is 104 Å². The van der Waals surface area contributed by atoms with E-state index in [0.717, 1.165) is 11.1 Å². The van der Waals surface area contributed by atoms with Crippen molar-refractivity contribution in [2.24, 2.45) is 11.8 Å². The van der Waals surface area contributed by atoms with E-state index >= 15 is 0 Å². The van der Waals surface area contributed by atoms with Gasteiger partial charge in [-0.3, -0.25) is 4.79 Å². The first-order chi connectivity index (χ1) is 18.4. The summed E-state index contributed by atoms with van der Waals surface area (Å²) in [5.74, 6) is -2.96. The summed E-state index contributed by atoms with van der Waals surface area (Å²) in [4.78, 5) is 13.2. The maximum Gasteiger partial charge on any atom is 0.311 e. The molecular formula is C31H56O8Si. The van der Waals surface area contributed by atoms with Crippen LogP contribution in [0.25, 0.3) is 0 Å². The molecule has 1 rings (SSSR count). The van der Waals surface area contributed by atoms with Crippen molar-refractivity contribution in [1.82, 2.24) is 0 Å². The fourth-order valence-corrected chi connectivity index (χ4v) is 5.57. The molecule has 2 N–H and O–H groups in total. The van der Waals surface area contributed by atoms with Crippen molar-refractivity contribution in [3.8, 4) is 0 Å². The summed E-state index contributed by atoms with van der Waals surface area (Å²) in [5.41, 5.74) is 1.95. The van der Waals surface area contributed by atoms with Gasteiger partial charge < -0.3 is 33.6 Å². The third kappa shape index (κ3) is 11.5. The van der Waals surface area contributed by atoms with Gasteiger partial charge in [0.05, 0.1) is 44.6 Å². The van der Waals surface area contributed by atoms with Crippen molar-refractivity contribution in [1.29, 1.82) is 0 Å². The minimum Gasteiger partial charge on any atom is -0.459 e. The Kier molecular flexibility index (Phi) is 14.5. The van der Waals surface area contributed by atoms with Gasteiger partial charge in [0.25, 0.3) is 0 Å². The average Bonchev–Trinajstić information content (AvgIpc) is 2.82. The highest BCUT2D eigenvalue weighted by molar-refractivity contribution is 6.74. The second-order valence-corrected chi connectivity index (χ2v) is 17.9. The molecule has 0 spiro atoms. The summed E-state index contributed by atoms with van der Waals surface area (Å²) in [6.07, 6.45) is 1.29. The molecule has 0 aliphatic carbocycles. The second-order valence-electron chi connectivity index (χ2n) is 13.0. The lowest BCUT2D eigenvalue weighted by atomic mass is 9.80. The number of rotatable bonds is 16. The summed E-state index contributed by atoms with van der Waals surface area (Å²) in [5, 5.41) is 22.1. The number of methoxy groups -OCH3 is 1. The molecule has 0 radical (unpaired) electrons. The van der Waals surface area contributed by atoms with E-state index in [4.69, 9.17) is 23.4 Å². The van der Waals surface area contributed by atoms with Gasteiger partial charge in [0.2, 0.25) is 0 Å². The molecule has 0 aromatic carbocycles. The molecule has 1 fully saturated rings. The third-order valence-electron chi connectivity index (χ3n) is 8.15. The SMILES string of the molecule is C=C[C@@H](OC)[C@@H](C)[C@@H]1O[C@](O)(CC(=O)O[C@@H](CO[Si](C)(C)C(C)(C)C)C/C(C)=C/COCC(=C)C)C[C@H](O)[C@H]1C. The first-order valence-corrected chi connectivity index (χ1v) is 17.2. The molecule has 0 saturated carbocycles. The maximum atomic E-state index is 13.2. The first kappa shape index (κ1) is 36.7. The van der Waals surface area contributed by atoms with Crippen LogP contribution in [0.5, 0.6) is 0 Å². The van der Waals surface area contributed by atoms with E-state index in [9.17, 15) is 15.0 Å². The van der Waals surface area contributed by atoms with E-state index in [1.54, 1.807) is 13.2 Å². The summed E-state index contributed by atoms with van der Waals surface area (Å²) in [6.45, 7) is 27.2. The second kappa shape index (κ2) is 15.8. The monoisotopic (exact) mass is 584 g/mol. The lowest BCUT2D eigenvalue weighted by Gasteiger charge is -2.46. The molecule has 8 nitrogen and oxygen atoms in total. The van der Waals surface area contributed by atoms with Crippen LogP contribution in [0.2, 0.25) is 18.1 Å². The van der Waals surface area contributed by atoms with E-state index < -0.39 is 44.8 Å². The number of aliphatic hydroxyl groups excluding tert-OH is 1. The van der Waals surface area contributed by atoms with Crippen molar-refractivity contribution < 1.29 is 38.4 Å². The van der Waals surface area contributed by atoms with Gasteiger partial charge in [-0.15, -0.1) is 6.58 Å². The van der Waals surface area contributed by atoms with Gasteiger partial charge in [0, 0.05) is 31.8 Å². The predicted octanol–water partition coefficient (Wildman–Crippen LogP) is 5.55. The lowest BCUT2D eigenvalue weighted by molar-refractivity contribution is -0.301. The minimum absolute atomic E-state index is 0.00202. The molecule has 0 unspecified atom stereocenters. The van der Waals surface area contributed by atoms with Gasteiger partial charge in [0.1, 0.15) is 6.10 Å². The van der Waals surface area contributed by atoms with Gasteiger partial charge in [-0.25, -0.2) is 0 Å². The molecule has 0 bridgehead atoms. The predicted molar refractivity (Wildman–Crippen MR) is 161 cm³/mol. The lowest BCUT2D eigenvalue weighted by Crippen LogP contribution is -2.55. The van der Waals surface area contributed by atoms with Crippen LogP contribution in [0, 0.1) is 11.8 Å². The largest absolute Gasteiger partial charge is 0.459 e. The van der Waals surface area contributed by atoms with Crippen LogP contribution in [0.15, 0.2) is 36.5 Å². The van der Waals surface area contributed by atoms with Gasteiger partial charge in [-0.1, -0.05) is 64.5 Å². The Morgan fingerprint density at radius 1 is 1.27 bits per heavy atom. The third-order valence-corrected chi connectivity index (χ3v) is 12.7. The molecule has 1 aliphatic heterocycles. The molecule has 0 aromatic heterocycles. The number of hydrogen-bond donors (Lipinski definition) is 2. The number of esters is 1. The Bertz CT molecular complexity index is 864. The van der Waals surface area contributed by atoms with Crippen molar-refractivity contribution in [3.05, 3.63) is 36.5 Å². The Labute approximate surface area is 243 Å². The highest BCUT2D eigenvalue weighted by Crippen LogP contribution is 2.39. The zero-order valence-corrected chi connectivity index (χ0v) is 27.6. The van der Waals surface area contributed by atoms with E-state index in [1.807, 2.05) is 33.8 Å². The van der Waals surface area contributed by atoms with Crippen LogP contribution in [0.4, 0.5) is 0 Å². The Hall–Kier alpha value is -1.33. The van der Waals surface area contributed by atoms with Gasteiger partial charge >= 0.3 is 5.97 Å². The van der Waals surface area contributed by atoms with Crippen LogP contribution in [-0.2, 0) is 28.2 Å². The Balaban J connectivity index is 3.02. The normalized spacial score (nSPS) is 26.6. The number of ether oxygens (including phenoxy) is 4. The maximum absolute atomic E-state index is 13.2. The number of carbonyl (C=O) groups is 1. The first-order valence-electron chi connectivity index (χ1n) is 14.3.